The van der Waals surface area contributed by atoms with Crippen LogP contribution in [0.1, 0.15) is 44.4 Å². The number of hydrogen-bond acceptors (Lipinski definition) is 3. The Balaban J connectivity index is 3.49. The fourth-order valence-electron chi connectivity index (χ4n) is 1.99. The lowest BCUT2D eigenvalue weighted by Crippen LogP contribution is -2.22. The lowest BCUT2D eigenvalue weighted by atomic mass is 9.87. The van der Waals surface area contributed by atoms with Gasteiger partial charge in [0.2, 0.25) is 0 Å². The Kier molecular flexibility index (Phi) is 3.55. The minimum Gasteiger partial charge on any atom is -0.496 e. The average molecular weight is 238 g/mol. The Morgan fingerprint density at radius 1 is 0.941 bits per heavy atom. The molecule has 1 aromatic rings. The summed E-state index contributed by atoms with van der Waals surface area (Å²) < 4.78 is 5.28. The summed E-state index contributed by atoms with van der Waals surface area (Å²) in [5, 5.41) is 20.2. The zero-order chi connectivity index (χ0) is 13.4. The molecule has 0 heterocycles. The molecule has 0 radical (unpaired) electrons. The molecule has 0 aromatic heterocycles. The molecule has 0 aliphatic heterocycles. The smallest absolute Gasteiger partial charge is 0.125 e. The van der Waals surface area contributed by atoms with E-state index in [0.717, 1.165) is 11.1 Å². The van der Waals surface area contributed by atoms with Gasteiger partial charge in [-0.25, -0.2) is 0 Å². The number of ether oxygens (including phenoxy) is 1. The van der Waals surface area contributed by atoms with E-state index in [1.807, 2.05) is 19.1 Å². The van der Waals surface area contributed by atoms with Crippen molar-refractivity contribution < 1.29 is 14.9 Å². The normalized spacial score (nSPS) is 12.7. The summed E-state index contributed by atoms with van der Waals surface area (Å²) in [6, 6.07) is 3.66. The van der Waals surface area contributed by atoms with Gasteiger partial charge >= 0.3 is 0 Å². The molecule has 1 aromatic carbocycles. The number of hydrogen-bond donors (Lipinski definition) is 2. The van der Waals surface area contributed by atoms with E-state index in [0.29, 0.717) is 11.3 Å². The molecule has 3 nitrogen and oxygen atoms in total. The second kappa shape index (κ2) is 4.31. The van der Waals surface area contributed by atoms with Crippen LogP contribution in [0.15, 0.2) is 12.1 Å². The van der Waals surface area contributed by atoms with Gasteiger partial charge in [-0.15, -0.1) is 0 Å². The largest absolute Gasteiger partial charge is 0.496 e. The maximum absolute atomic E-state index is 10.1. The van der Waals surface area contributed by atoms with Crippen LogP contribution in [0.2, 0.25) is 0 Å². The highest BCUT2D eigenvalue weighted by Gasteiger charge is 2.26. The lowest BCUT2D eigenvalue weighted by Gasteiger charge is -2.27. The molecule has 0 saturated carbocycles. The lowest BCUT2D eigenvalue weighted by molar-refractivity contribution is 0.0695. The van der Waals surface area contributed by atoms with E-state index in [1.165, 1.54) is 0 Å². The molecular formula is C14H22O3. The van der Waals surface area contributed by atoms with E-state index in [9.17, 15) is 10.2 Å². The zero-order valence-corrected chi connectivity index (χ0v) is 11.5. The molecule has 0 saturated heterocycles. The molecule has 2 N–H and O–H groups in total. The standard InChI is InChI=1S/C14H22O3/c1-9-7-12(17-6)11(14(4,5)16)8-10(9)13(2,3)15/h7-8,15-16H,1-6H3. The molecule has 0 fully saturated rings. The third-order valence-electron chi connectivity index (χ3n) is 2.86. The van der Waals surface area contributed by atoms with E-state index in [2.05, 4.69) is 0 Å². The number of methoxy groups -OCH3 is 1. The fourth-order valence-corrected chi connectivity index (χ4v) is 1.99. The summed E-state index contributed by atoms with van der Waals surface area (Å²) in [5.41, 5.74) is 0.496. The Bertz CT molecular complexity index is 409. The molecule has 1 rings (SSSR count). The summed E-state index contributed by atoms with van der Waals surface area (Å²) >= 11 is 0. The van der Waals surface area contributed by atoms with Crippen LogP contribution in [0.5, 0.6) is 5.75 Å². The van der Waals surface area contributed by atoms with Gasteiger partial charge in [0.15, 0.2) is 0 Å². The number of rotatable bonds is 3. The van der Waals surface area contributed by atoms with Crippen LogP contribution in [0, 0.1) is 6.92 Å². The molecule has 96 valence electrons. The SMILES string of the molecule is COc1cc(C)c(C(C)(C)O)cc1C(C)(C)O. The Morgan fingerprint density at radius 2 is 1.41 bits per heavy atom. The first-order valence-corrected chi connectivity index (χ1v) is 5.71. The molecule has 17 heavy (non-hydrogen) atoms. The van der Waals surface area contributed by atoms with Crippen molar-refractivity contribution in [3.63, 3.8) is 0 Å². The van der Waals surface area contributed by atoms with Gasteiger partial charge < -0.3 is 14.9 Å². The van der Waals surface area contributed by atoms with Crippen LogP contribution < -0.4 is 4.74 Å². The minimum atomic E-state index is -1.00. The third-order valence-corrected chi connectivity index (χ3v) is 2.86. The van der Waals surface area contributed by atoms with Crippen molar-refractivity contribution in [2.24, 2.45) is 0 Å². The van der Waals surface area contributed by atoms with Crippen molar-refractivity contribution in [2.75, 3.05) is 7.11 Å². The monoisotopic (exact) mass is 238 g/mol. The highest BCUT2D eigenvalue weighted by Crippen LogP contribution is 2.35. The summed E-state index contributed by atoms with van der Waals surface area (Å²) in [6.07, 6.45) is 0. The third kappa shape index (κ3) is 2.99. The Morgan fingerprint density at radius 3 is 1.76 bits per heavy atom. The fraction of sp³-hybridized carbons (Fsp3) is 0.571. The van der Waals surface area contributed by atoms with Crippen LogP contribution in [0.3, 0.4) is 0 Å². The molecule has 0 aliphatic carbocycles. The van der Waals surface area contributed by atoms with Crippen molar-refractivity contribution in [3.05, 3.63) is 28.8 Å². The molecule has 0 unspecified atom stereocenters. The first-order valence-electron chi connectivity index (χ1n) is 5.71. The average Bonchev–Trinajstić information content (AvgIpc) is 2.13. The van der Waals surface area contributed by atoms with Crippen LogP contribution in [0.25, 0.3) is 0 Å². The van der Waals surface area contributed by atoms with E-state index in [1.54, 1.807) is 34.8 Å². The maximum atomic E-state index is 10.1. The predicted octanol–water partition coefficient (Wildman–Crippen LogP) is 2.46. The quantitative estimate of drug-likeness (QED) is 0.850. The molecule has 0 spiro atoms. The van der Waals surface area contributed by atoms with Gasteiger partial charge in [0, 0.05) is 5.56 Å². The molecular weight excluding hydrogens is 216 g/mol. The first kappa shape index (κ1) is 14.0. The first-order chi connectivity index (χ1) is 7.57. The van der Waals surface area contributed by atoms with Crippen LogP contribution in [-0.2, 0) is 11.2 Å². The van der Waals surface area contributed by atoms with E-state index in [4.69, 9.17) is 4.74 Å². The van der Waals surface area contributed by atoms with Gasteiger partial charge in [0.1, 0.15) is 5.75 Å². The van der Waals surface area contributed by atoms with Crippen molar-refractivity contribution in [2.45, 2.75) is 45.8 Å². The van der Waals surface area contributed by atoms with Gasteiger partial charge in [-0.3, -0.25) is 0 Å². The summed E-state index contributed by atoms with van der Waals surface area (Å²) in [4.78, 5) is 0. The second-order valence-electron chi connectivity index (χ2n) is 5.49. The van der Waals surface area contributed by atoms with Crippen molar-refractivity contribution >= 4 is 0 Å². The molecule has 0 amide bonds. The van der Waals surface area contributed by atoms with Crippen LogP contribution >= 0.6 is 0 Å². The maximum Gasteiger partial charge on any atom is 0.125 e. The van der Waals surface area contributed by atoms with Crippen molar-refractivity contribution in [1.29, 1.82) is 0 Å². The highest BCUT2D eigenvalue weighted by molar-refractivity contribution is 5.46. The van der Waals surface area contributed by atoms with Gasteiger partial charge in [0.25, 0.3) is 0 Å². The van der Waals surface area contributed by atoms with Crippen molar-refractivity contribution in [3.8, 4) is 5.75 Å². The topological polar surface area (TPSA) is 49.7 Å². The highest BCUT2D eigenvalue weighted by atomic mass is 16.5. The van der Waals surface area contributed by atoms with E-state index < -0.39 is 11.2 Å². The zero-order valence-electron chi connectivity index (χ0n) is 11.5. The van der Waals surface area contributed by atoms with Crippen LogP contribution in [0.4, 0.5) is 0 Å². The van der Waals surface area contributed by atoms with Gasteiger partial charge in [-0.05, 0) is 57.9 Å². The minimum absolute atomic E-state index is 0.642. The second-order valence-corrected chi connectivity index (χ2v) is 5.49. The molecule has 0 bridgehead atoms. The molecule has 0 aliphatic rings. The van der Waals surface area contributed by atoms with E-state index in [-0.39, 0.29) is 0 Å². The van der Waals surface area contributed by atoms with Gasteiger partial charge in [-0.2, -0.15) is 0 Å². The summed E-state index contributed by atoms with van der Waals surface area (Å²) in [6.45, 7) is 8.79. The van der Waals surface area contributed by atoms with Gasteiger partial charge in [-0.1, -0.05) is 0 Å². The Hall–Kier alpha value is -1.06. The number of benzene rings is 1. The van der Waals surface area contributed by atoms with Crippen LogP contribution in [-0.4, -0.2) is 17.3 Å². The van der Waals surface area contributed by atoms with Crippen molar-refractivity contribution in [1.82, 2.24) is 0 Å². The Labute approximate surface area is 103 Å². The molecule has 3 heteroatoms. The van der Waals surface area contributed by atoms with Gasteiger partial charge in [0.05, 0.1) is 18.3 Å². The van der Waals surface area contributed by atoms with E-state index >= 15 is 0 Å². The summed E-state index contributed by atoms with van der Waals surface area (Å²) in [5.74, 6) is 0.642. The number of aliphatic hydroxyl groups is 2. The summed E-state index contributed by atoms with van der Waals surface area (Å²) in [7, 11) is 1.58. The predicted molar refractivity (Wildman–Crippen MR) is 68.2 cm³/mol. The molecule has 0 atom stereocenters. The number of aryl methyl sites for hydroxylation is 1.